The number of nitrogens with one attached hydrogen (secondary N) is 2. The lowest BCUT2D eigenvalue weighted by atomic mass is 10.5. The van der Waals surface area contributed by atoms with E-state index in [0.29, 0.717) is 0 Å². The molecule has 0 radical (unpaired) electrons. The Morgan fingerprint density at radius 3 is 2.65 bits per heavy atom. The van der Waals surface area contributed by atoms with E-state index in [4.69, 9.17) is 24.4 Å². The third kappa shape index (κ3) is 3.46. The highest BCUT2D eigenvalue weighted by molar-refractivity contribution is 8.11. The fourth-order valence-corrected chi connectivity index (χ4v) is 3.55. The Hall–Kier alpha value is -0.330. The van der Waals surface area contributed by atoms with Crippen LogP contribution in [0, 0.1) is 0 Å². The summed E-state index contributed by atoms with van der Waals surface area (Å²) in [5, 5.41) is 5.89. The average molecular weight is 366 g/mol. The number of thioether (sulfide) groups is 1. The van der Waals surface area contributed by atoms with Gasteiger partial charge in [0.15, 0.2) is 14.5 Å². The molecule has 1 amide bonds. The summed E-state index contributed by atoms with van der Waals surface area (Å²) in [4.78, 5) is 19.1. The number of carbonyl (C=O) groups excluding carboxylic acids is 1. The first kappa shape index (κ1) is 16.0. The molecule has 1 unspecified atom stereocenters. The molecule has 2 rings (SSSR count). The maximum atomic E-state index is 12.5. The summed E-state index contributed by atoms with van der Waals surface area (Å²) in [5.74, 6) is 0.610. The molecule has 1 saturated heterocycles. The lowest BCUT2D eigenvalue weighted by Gasteiger charge is -2.36. The standard InChI is InChI=1S/C9H11N5OS5/c15-6(5-10-1-2-11-5)13(8(16)17)14(9(18)19)7-12-3-4-20-7/h1-2,7,12H,3-4H2,(H,10,11)(H,16,17)(H,18,19). The van der Waals surface area contributed by atoms with Crippen LogP contribution in [0.15, 0.2) is 12.4 Å². The predicted molar refractivity (Wildman–Crippen MR) is 94.0 cm³/mol. The highest BCUT2D eigenvalue weighted by Crippen LogP contribution is 2.23. The molecule has 1 aromatic rings. The van der Waals surface area contributed by atoms with Crippen molar-refractivity contribution in [2.45, 2.75) is 5.50 Å². The first-order valence-electron chi connectivity index (χ1n) is 5.46. The van der Waals surface area contributed by atoms with Gasteiger partial charge >= 0.3 is 5.91 Å². The number of hydrazine groups is 1. The molecule has 2 heterocycles. The Kier molecular flexibility index (Phi) is 5.69. The van der Waals surface area contributed by atoms with E-state index in [-0.39, 0.29) is 20.0 Å². The molecule has 0 spiro atoms. The van der Waals surface area contributed by atoms with Crippen molar-refractivity contribution in [1.29, 1.82) is 0 Å². The number of amides is 1. The zero-order valence-corrected chi connectivity index (χ0v) is 14.3. The van der Waals surface area contributed by atoms with Crippen molar-refractivity contribution in [2.75, 3.05) is 12.3 Å². The fraction of sp³-hybridized carbons (Fsp3) is 0.333. The number of nitrogens with zero attached hydrogens (tertiary/aromatic N) is 3. The molecule has 108 valence electrons. The molecular formula is C9H11N5OS5. The molecule has 11 heteroatoms. The summed E-state index contributed by atoms with van der Waals surface area (Å²) in [5.41, 5.74) is -0.219. The van der Waals surface area contributed by atoms with Crippen molar-refractivity contribution < 1.29 is 4.79 Å². The zero-order valence-electron chi connectivity index (χ0n) is 10.0. The van der Waals surface area contributed by atoms with Crippen molar-refractivity contribution in [3.05, 3.63) is 18.2 Å². The second kappa shape index (κ2) is 7.09. The van der Waals surface area contributed by atoms with E-state index in [1.165, 1.54) is 16.2 Å². The monoisotopic (exact) mass is 365 g/mol. The van der Waals surface area contributed by atoms with Crippen LogP contribution in [0.5, 0.6) is 0 Å². The van der Waals surface area contributed by atoms with E-state index in [1.54, 1.807) is 18.0 Å². The summed E-state index contributed by atoms with van der Waals surface area (Å²) >= 11 is 20.1. The van der Waals surface area contributed by atoms with Gasteiger partial charge in [-0.2, -0.15) is 5.01 Å². The minimum absolute atomic E-state index is 0.0668. The third-order valence-corrected chi connectivity index (χ3v) is 4.28. The maximum absolute atomic E-state index is 12.5. The van der Waals surface area contributed by atoms with Gasteiger partial charge in [-0.05, 0) is 0 Å². The van der Waals surface area contributed by atoms with Crippen LogP contribution in [-0.2, 0) is 0 Å². The SMILES string of the molecule is O=C(c1ncc[nH]1)N(C(=S)S)N(C(=S)S)C1NCCS1. The predicted octanol–water partition coefficient (Wildman–Crippen LogP) is 1.12. The Bertz CT molecular complexity index is 515. The summed E-state index contributed by atoms with van der Waals surface area (Å²) in [7, 11) is 0. The van der Waals surface area contributed by atoms with Gasteiger partial charge in [0.05, 0.1) is 0 Å². The molecule has 2 N–H and O–H groups in total. The minimum Gasteiger partial charge on any atom is -0.340 e. The molecule has 0 aromatic carbocycles. The fourth-order valence-electron chi connectivity index (χ4n) is 1.62. The van der Waals surface area contributed by atoms with Crippen molar-refractivity contribution >= 4 is 76.0 Å². The van der Waals surface area contributed by atoms with Crippen molar-refractivity contribution in [3.63, 3.8) is 0 Å². The second-order valence-corrected chi connectivity index (χ2v) is 7.06. The molecule has 1 aromatic heterocycles. The van der Waals surface area contributed by atoms with Crippen LogP contribution in [0.1, 0.15) is 10.6 Å². The summed E-state index contributed by atoms with van der Waals surface area (Å²) in [6, 6.07) is 0. The topological polar surface area (TPSA) is 64.3 Å². The molecule has 1 fully saturated rings. The van der Waals surface area contributed by atoms with E-state index >= 15 is 0 Å². The number of imidazole rings is 1. The third-order valence-electron chi connectivity index (χ3n) is 2.40. The number of aromatic nitrogens is 2. The van der Waals surface area contributed by atoms with Crippen LogP contribution in [0.25, 0.3) is 0 Å². The Morgan fingerprint density at radius 2 is 2.20 bits per heavy atom. The van der Waals surface area contributed by atoms with Gasteiger partial charge in [-0.15, -0.1) is 37.0 Å². The van der Waals surface area contributed by atoms with E-state index in [0.717, 1.165) is 12.3 Å². The van der Waals surface area contributed by atoms with Gasteiger partial charge in [-0.25, -0.2) is 9.99 Å². The smallest absolute Gasteiger partial charge is 0.314 e. The van der Waals surface area contributed by atoms with Crippen LogP contribution >= 0.6 is 61.5 Å². The van der Waals surface area contributed by atoms with Crippen molar-refractivity contribution in [3.8, 4) is 0 Å². The molecule has 0 bridgehead atoms. The van der Waals surface area contributed by atoms with E-state index < -0.39 is 5.91 Å². The van der Waals surface area contributed by atoms with Gasteiger partial charge in [-0.3, -0.25) is 10.1 Å². The van der Waals surface area contributed by atoms with Crippen LogP contribution in [0.2, 0.25) is 0 Å². The zero-order chi connectivity index (χ0) is 14.7. The number of aromatic amines is 1. The van der Waals surface area contributed by atoms with E-state index in [9.17, 15) is 4.79 Å². The first-order chi connectivity index (χ1) is 9.52. The van der Waals surface area contributed by atoms with Gasteiger partial charge in [0, 0.05) is 24.7 Å². The van der Waals surface area contributed by atoms with Crippen molar-refractivity contribution in [2.24, 2.45) is 0 Å². The van der Waals surface area contributed by atoms with Gasteiger partial charge in [0.2, 0.25) is 0 Å². The Labute approximate surface area is 141 Å². The lowest BCUT2D eigenvalue weighted by molar-refractivity contribution is 0.0561. The lowest BCUT2D eigenvalue weighted by Crippen LogP contribution is -2.56. The molecular weight excluding hydrogens is 354 g/mol. The molecule has 6 nitrogen and oxygen atoms in total. The summed E-state index contributed by atoms with van der Waals surface area (Å²) in [6.45, 7) is 0.810. The van der Waals surface area contributed by atoms with Crippen LogP contribution < -0.4 is 5.32 Å². The average Bonchev–Trinajstić information content (AvgIpc) is 3.06. The number of hydrogen-bond acceptors (Lipinski definition) is 6. The second-order valence-electron chi connectivity index (χ2n) is 3.64. The maximum Gasteiger partial charge on any atom is 0.314 e. The Morgan fingerprint density at radius 1 is 1.45 bits per heavy atom. The molecule has 0 aliphatic carbocycles. The van der Waals surface area contributed by atoms with Gasteiger partial charge in [0.25, 0.3) is 0 Å². The first-order valence-corrected chi connectivity index (χ1v) is 8.22. The van der Waals surface area contributed by atoms with Crippen LogP contribution in [0.3, 0.4) is 0 Å². The minimum atomic E-state index is -0.444. The van der Waals surface area contributed by atoms with Crippen LogP contribution in [0.4, 0.5) is 0 Å². The molecule has 0 saturated carbocycles. The van der Waals surface area contributed by atoms with Crippen LogP contribution in [-0.4, -0.2) is 52.3 Å². The summed E-state index contributed by atoms with van der Waals surface area (Å²) < 4.78 is 0.283. The quantitative estimate of drug-likeness (QED) is 0.356. The number of thiol groups is 2. The number of hydrogen-bond donors (Lipinski definition) is 4. The van der Waals surface area contributed by atoms with Crippen molar-refractivity contribution in [1.82, 2.24) is 25.3 Å². The highest BCUT2D eigenvalue weighted by Gasteiger charge is 2.34. The number of carbonyl (C=O) groups is 1. The van der Waals surface area contributed by atoms with Gasteiger partial charge in [0.1, 0.15) is 5.50 Å². The molecule has 20 heavy (non-hydrogen) atoms. The molecule has 1 atom stereocenters. The number of H-pyrrole nitrogens is 1. The molecule has 1 aliphatic rings. The normalized spacial score (nSPS) is 17.8. The Balaban J connectivity index is 2.32. The van der Waals surface area contributed by atoms with E-state index in [2.05, 4.69) is 40.5 Å². The summed E-state index contributed by atoms with van der Waals surface area (Å²) in [6.07, 6.45) is 3.04. The largest absolute Gasteiger partial charge is 0.340 e. The molecule has 1 aliphatic heterocycles. The van der Waals surface area contributed by atoms with E-state index in [1.807, 2.05) is 0 Å². The highest BCUT2D eigenvalue weighted by atomic mass is 32.2. The van der Waals surface area contributed by atoms with Gasteiger partial charge in [-0.1, -0.05) is 24.4 Å². The number of rotatable bonds is 2. The number of thiocarbonyl (C=S) groups is 2. The van der Waals surface area contributed by atoms with Gasteiger partial charge < -0.3 is 4.98 Å².